The first-order valence-corrected chi connectivity index (χ1v) is 8.71. The number of amides is 2. The van der Waals surface area contributed by atoms with Crippen molar-refractivity contribution in [1.82, 2.24) is 19.6 Å². The highest BCUT2D eigenvalue weighted by molar-refractivity contribution is 7.15. The van der Waals surface area contributed by atoms with Crippen LogP contribution in [0.1, 0.15) is 43.4 Å². The highest BCUT2D eigenvalue weighted by atomic mass is 32.1. The van der Waals surface area contributed by atoms with Crippen LogP contribution in [0.5, 0.6) is 0 Å². The second-order valence-corrected chi connectivity index (χ2v) is 7.49. The van der Waals surface area contributed by atoms with E-state index < -0.39 is 5.60 Å². The number of fused-ring (bicyclic) bond motifs is 1. The molecule has 2 aromatic heterocycles. The van der Waals surface area contributed by atoms with Crippen molar-refractivity contribution in [3.63, 3.8) is 0 Å². The van der Waals surface area contributed by atoms with Crippen LogP contribution in [-0.4, -0.2) is 52.0 Å². The average molecular weight is 352 g/mol. The minimum atomic E-state index is -0.509. The maximum Gasteiger partial charge on any atom is 0.410 e. The van der Waals surface area contributed by atoms with Gasteiger partial charge < -0.3 is 15.0 Å². The zero-order valence-electron chi connectivity index (χ0n) is 14.8. The van der Waals surface area contributed by atoms with E-state index in [4.69, 9.17) is 4.74 Å². The molecule has 0 saturated carbocycles. The molecule has 0 atom stereocenters. The van der Waals surface area contributed by atoms with Gasteiger partial charge in [-0.1, -0.05) is 0 Å². The molecule has 0 aromatic carbocycles. The molecule has 0 aliphatic heterocycles. The summed E-state index contributed by atoms with van der Waals surface area (Å²) < 4.78 is 7.07. The largest absolute Gasteiger partial charge is 0.444 e. The predicted octanol–water partition coefficient (Wildman–Crippen LogP) is 2.69. The topological polar surface area (TPSA) is 75.9 Å². The first-order chi connectivity index (χ1) is 11.2. The summed E-state index contributed by atoms with van der Waals surface area (Å²) in [4.78, 5) is 30.9. The summed E-state index contributed by atoms with van der Waals surface area (Å²) in [6.45, 7) is 8.30. The molecule has 2 rings (SSSR count). The fourth-order valence-electron chi connectivity index (χ4n) is 2.20. The number of rotatable bonds is 5. The number of ether oxygens (including phenoxy) is 1. The lowest BCUT2D eigenvalue weighted by Crippen LogP contribution is -2.36. The number of aromatic nitrogens is 2. The van der Waals surface area contributed by atoms with Gasteiger partial charge in [0, 0.05) is 31.7 Å². The van der Waals surface area contributed by atoms with Gasteiger partial charge in [0.2, 0.25) is 0 Å². The van der Waals surface area contributed by atoms with Crippen LogP contribution in [0.4, 0.5) is 4.79 Å². The molecule has 2 aromatic rings. The number of nitrogens with zero attached hydrogens (tertiary/aromatic N) is 3. The molecule has 24 heavy (non-hydrogen) atoms. The molecule has 2 amide bonds. The number of thiazole rings is 1. The molecule has 132 valence electrons. The summed E-state index contributed by atoms with van der Waals surface area (Å²) in [5.41, 5.74) is 0.766. The van der Waals surface area contributed by atoms with Gasteiger partial charge in [-0.25, -0.2) is 9.78 Å². The van der Waals surface area contributed by atoms with Crippen molar-refractivity contribution < 1.29 is 14.3 Å². The highest BCUT2D eigenvalue weighted by Crippen LogP contribution is 2.16. The first kappa shape index (κ1) is 18.3. The smallest absolute Gasteiger partial charge is 0.410 e. The van der Waals surface area contributed by atoms with E-state index in [-0.39, 0.29) is 12.0 Å². The van der Waals surface area contributed by atoms with Crippen molar-refractivity contribution in [2.75, 3.05) is 20.1 Å². The fourth-order valence-corrected chi connectivity index (χ4v) is 2.96. The minimum absolute atomic E-state index is 0.154. The zero-order valence-corrected chi connectivity index (χ0v) is 15.6. The Balaban J connectivity index is 1.80. The number of hydrogen-bond donors (Lipinski definition) is 1. The van der Waals surface area contributed by atoms with E-state index in [0.29, 0.717) is 30.9 Å². The van der Waals surface area contributed by atoms with Crippen LogP contribution < -0.4 is 5.32 Å². The van der Waals surface area contributed by atoms with E-state index in [1.807, 2.05) is 39.3 Å². The molecule has 0 fully saturated rings. The Morgan fingerprint density at radius 3 is 2.79 bits per heavy atom. The van der Waals surface area contributed by atoms with Crippen LogP contribution in [0, 0.1) is 6.92 Å². The molecule has 1 N–H and O–H groups in total. The third-order valence-corrected chi connectivity index (χ3v) is 4.07. The van der Waals surface area contributed by atoms with E-state index in [9.17, 15) is 9.59 Å². The summed E-state index contributed by atoms with van der Waals surface area (Å²) in [6, 6.07) is 0. The first-order valence-electron chi connectivity index (χ1n) is 7.83. The van der Waals surface area contributed by atoms with Gasteiger partial charge in [0.25, 0.3) is 5.91 Å². The Morgan fingerprint density at radius 1 is 1.42 bits per heavy atom. The van der Waals surface area contributed by atoms with Gasteiger partial charge in [-0.05, 0) is 34.1 Å². The van der Waals surface area contributed by atoms with E-state index >= 15 is 0 Å². The van der Waals surface area contributed by atoms with E-state index in [1.165, 1.54) is 16.2 Å². The van der Waals surface area contributed by atoms with Crippen LogP contribution in [0.3, 0.4) is 0 Å². The number of nitrogens with one attached hydrogen (secondary N) is 1. The van der Waals surface area contributed by atoms with Crippen LogP contribution >= 0.6 is 11.3 Å². The van der Waals surface area contributed by atoms with Crippen LogP contribution in [0.15, 0.2) is 11.6 Å². The number of aryl methyl sites for hydroxylation is 1. The van der Waals surface area contributed by atoms with E-state index in [1.54, 1.807) is 11.4 Å². The van der Waals surface area contributed by atoms with Gasteiger partial charge in [0.05, 0.1) is 5.69 Å². The van der Waals surface area contributed by atoms with Gasteiger partial charge in [-0.2, -0.15) is 0 Å². The lowest BCUT2D eigenvalue weighted by Gasteiger charge is -2.24. The molecule has 8 heteroatoms. The molecule has 0 unspecified atom stereocenters. The Hall–Kier alpha value is -2.09. The van der Waals surface area contributed by atoms with Crippen molar-refractivity contribution in [3.05, 3.63) is 23.0 Å². The van der Waals surface area contributed by atoms with Gasteiger partial charge in [0.1, 0.15) is 11.3 Å². The predicted molar refractivity (Wildman–Crippen MR) is 93.6 cm³/mol. The normalized spacial score (nSPS) is 11.5. The van der Waals surface area contributed by atoms with Gasteiger partial charge in [0.15, 0.2) is 4.96 Å². The zero-order chi connectivity index (χ0) is 17.9. The second kappa shape index (κ2) is 7.21. The SMILES string of the molecule is Cc1nc2sccn2c1C(=O)NCCCN(C)C(=O)OC(C)(C)C. The summed E-state index contributed by atoms with van der Waals surface area (Å²) in [7, 11) is 1.69. The average Bonchev–Trinajstić information content (AvgIpc) is 3.00. The third-order valence-electron chi connectivity index (χ3n) is 3.31. The molecule has 0 saturated heterocycles. The van der Waals surface area contributed by atoms with Crippen molar-refractivity contribution >= 4 is 28.3 Å². The number of hydrogen-bond acceptors (Lipinski definition) is 5. The summed E-state index contributed by atoms with van der Waals surface area (Å²) in [5.74, 6) is -0.154. The molecule has 7 nitrogen and oxygen atoms in total. The monoisotopic (exact) mass is 352 g/mol. The molecule has 0 radical (unpaired) electrons. The molecular formula is C16H24N4O3S. The Labute approximate surface area is 145 Å². The fraction of sp³-hybridized carbons (Fsp3) is 0.562. The van der Waals surface area contributed by atoms with Crippen molar-refractivity contribution in [1.29, 1.82) is 0 Å². The van der Waals surface area contributed by atoms with Gasteiger partial charge in [-0.15, -0.1) is 11.3 Å². The standard InChI is InChI=1S/C16H24N4O3S/c1-11-12(20-9-10-24-14(20)18-11)13(21)17-7-6-8-19(5)15(22)23-16(2,3)4/h9-10H,6-8H2,1-5H3,(H,17,21). The van der Waals surface area contributed by atoms with Crippen LogP contribution in [0.25, 0.3) is 4.96 Å². The second-order valence-electron chi connectivity index (χ2n) is 6.61. The van der Waals surface area contributed by atoms with Gasteiger partial charge in [-0.3, -0.25) is 9.20 Å². The van der Waals surface area contributed by atoms with Crippen molar-refractivity contribution in [2.24, 2.45) is 0 Å². The van der Waals surface area contributed by atoms with Crippen LogP contribution in [-0.2, 0) is 4.74 Å². The van der Waals surface area contributed by atoms with Gasteiger partial charge >= 0.3 is 6.09 Å². The summed E-state index contributed by atoms with van der Waals surface area (Å²) in [5, 5.41) is 4.77. The Bertz CT molecular complexity index is 729. The lowest BCUT2D eigenvalue weighted by molar-refractivity contribution is 0.0297. The van der Waals surface area contributed by atoms with Crippen molar-refractivity contribution in [2.45, 2.75) is 39.7 Å². The summed E-state index contributed by atoms with van der Waals surface area (Å²) >= 11 is 1.49. The minimum Gasteiger partial charge on any atom is -0.444 e. The Kier molecular flexibility index (Phi) is 5.48. The molecular weight excluding hydrogens is 328 g/mol. The molecule has 0 aliphatic carbocycles. The number of carbonyl (C=O) groups excluding carboxylic acids is 2. The lowest BCUT2D eigenvalue weighted by atomic mass is 10.2. The molecule has 0 spiro atoms. The maximum atomic E-state index is 12.3. The highest BCUT2D eigenvalue weighted by Gasteiger charge is 2.20. The van der Waals surface area contributed by atoms with Crippen molar-refractivity contribution in [3.8, 4) is 0 Å². The quantitative estimate of drug-likeness (QED) is 0.840. The van der Waals surface area contributed by atoms with E-state index in [2.05, 4.69) is 10.3 Å². The molecule has 2 heterocycles. The van der Waals surface area contributed by atoms with E-state index in [0.717, 1.165) is 4.96 Å². The maximum absolute atomic E-state index is 12.3. The molecule has 0 aliphatic rings. The third kappa shape index (κ3) is 4.47. The molecule has 0 bridgehead atoms. The number of carbonyl (C=O) groups is 2. The van der Waals surface area contributed by atoms with Crippen LogP contribution in [0.2, 0.25) is 0 Å². The summed E-state index contributed by atoms with van der Waals surface area (Å²) in [6.07, 6.45) is 2.12. The number of imidazole rings is 1. The Morgan fingerprint density at radius 2 is 2.12 bits per heavy atom.